The summed E-state index contributed by atoms with van der Waals surface area (Å²) in [6.45, 7) is 7.90. The van der Waals surface area contributed by atoms with Crippen LogP contribution in [0.5, 0.6) is 0 Å². The molecule has 0 amide bonds. The average Bonchev–Trinajstić information content (AvgIpc) is 2.52. The third kappa shape index (κ3) is 4.31. The summed E-state index contributed by atoms with van der Waals surface area (Å²) >= 11 is 0. The van der Waals surface area contributed by atoms with Crippen molar-refractivity contribution in [2.75, 3.05) is 39.9 Å². The summed E-state index contributed by atoms with van der Waals surface area (Å²) in [5, 5.41) is 12.9. The number of benzene rings is 1. The van der Waals surface area contributed by atoms with Gasteiger partial charge in [-0.3, -0.25) is 10.2 Å². The molecule has 0 fully saturated rings. The lowest BCUT2D eigenvalue weighted by Crippen LogP contribution is -2.49. The van der Waals surface area contributed by atoms with Gasteiger partial charge in [0.15, 0.2) is 0 Å². The predicted molar refractivity (Wildman–Crippen MR) is 81.4 cm³/mol. The van der Waals surface area contributed by atoms with E-state index in [4.69, 9.17) is 4.74 Å². The van der Waals surface area contributed by atoms with E-state index in [1.165, 1.54) is 0 Å². The molecule has 1 unspecified atom stereocenters. The summed E-state index contributed by atoms with van der Waals surface area (Å²) in [4.78, 5) is 2.24. The number of nitrogens with zero attached hydrogens (tertiary/aromatic N) is 2. The SMILES string of the molecule is CCOCCN(CC)CC(C#N)(NC)c1ccccc1. The number of ether oxygens (including phenoxy) is 1. The van der Waals surface area contributed by atoms with Crippen LogP contribution in [0.1, 0.15) is 19.4 Å². The molecule has 0 aliphatic heterocycles. The zero-order valence-corrected chi connectivity index (χ0v) is 12.7. The topological polar surface area (TPSA) is 48.3 Å². The number of nitriles is 1. The summed E-state index contributed by atoms with van der Waals surface area (Å²) in [6.07, 6.45) is 0. The second kappa shape index (κ2) is 8.70. The standard InChI is InChI=1S/C16H25N3O/c1-4-19(11-12-20-5-2)14-16(13-17,18-3)15-9-7-6-8-10-15/h6-10,18H,4-5,11-12,14H2,1-3H3. The van der Waals surface area contributed by atoms with E-state index in [0.717, 1.165) is 25.3 Å². The van der Waals surface area contributed by atoms with Gasteiger partial charge in [0.05, 0.1) is 12.7 Å². The molecule has 1 aromatic rings. The Bertz CT molecular complexity index is 415. The molecular formula is C16H25N3O. The molecule has 1 aromatic carbocycles. The number of likely N-dealkylation sites (N-methyl/N-ethyl adjacent to an activating group) is 2. The maximum absolute atomic E-state index is 9.68. The Morgan fingerprint density at radius 3 is 2.50 bits per heavy atom. The summed E-state index contributed by atoms with van der Waals surface area (Å²) in [5.74, 6) is 0. The van der Waals surface area contributed by atoms with Crippen LogP contribution in [0.25, 0.3) is 0 Å². The Kier molecular flexibility index (Phi) is 7.24. The zero-order chi connectivity index (χ0) is 14.8. The van der Waals surface area contributed by atoms with Crippen molar-refractivity contribution in [1.29, 1.82) is 5.26 Å². The van der Waals surface area contributed by atoms with Gasteiger partial charge < -0.3 is 4.74 Å². The maximum atomic E-state index is 9.68. The average molecular weight is 275 g/mol. The molecule has 110 valence electrons. The molecule has 0 saturated heterocycles. The molecule has 0 aliphatic rings. The predicted octanol–water partition coefficient (Wildman–Crippen LogP) is 1.98. The molecule has 1 atom stereocenters. The van der Waals surface area contributed by atoms with Crippen molar-refractivity contribution < 1.29 is 4.74 Å². The second-order valence-electron chi connectivity index (χ2n) is 4.70. The molecule has 0 spiro atoms. The summed E-state index contributed by atoms with van der Waals surface area (Å²) < 4.78 is 5.41. The van der Waals surface area contributed by atoms with E-state index < -0.39 is 5.54 Å². The Balaban J connectivity index is 2.83. The summed E-state index contributed by atoms with van der Waals surface area (Å²) in [6, 6.07) is 12.3. The Hall–Kier alpha value is -1.41. The van der Waals surface area contributed by atoms with Gasteiger partial charge >= 0.3 is 0 Å². The van der Waals surface area contributed by atoms with Gasteiger partial charge in [0, 0.05) is 19.7 Å². The van der Waals surface area contributed by atoms with Crippen LogP contribution in [0, 0.1) is 11.3 Å². The molecule has 0 aromatic heterocycles. The normalized spacial score (nSPS) is 13.9. The van der Waals surface area contributed by atoms with Crippen LogP contribution in [0.4, 0.5) is 0 Å². The molecule has 4 heteroatoms. The lowest BCUT2D eigenvalue weighted by atomic mass is 9.91. The number of nitrogens with one attached hydrogen (secondary N) is 1. The first kappa shape index (κ1) is 16.6. The second-order valence-corrected chi connectivity index (χ2v) is 4.70. The number of rotatable bonds is 9. The molecule has 0 heterocycles. The highest BCUT2D eigenvalue weighted by atomic mass is 16.5. The third-order valence-electron chi connectivity index (χ3n) is 3.55. The van der Waals surface area contributed by atoms with Crippen molar-refractivity contribution in [3.8, 4) is 6.07 Å². The summed E-state index contributed by atoms with van der Waals surface area (Å²) in [7, 11) is 1.84. The minimum atomic E-state index is -0.677. The van der Waals surface area contributed by atoms with Gasteiger partial charge in [-0.1, -0.05) is 37.3 Å². The van der Waals surface area contributed by atoms with Crippen LogP contribution >= 0.6 is 0 Å². The Morgan fingerprint density at radius 1 is 1.30 bits per heavy atom. The van der Waals surface area contributed by atoms with E-state index in [0.29, 0.717) is 13.2 Å². The van der Waals surface area contributed by atoms with E-state index >= 15 is 0 Å². The molecule has 1 rings (SSSR count). The maximum Gasteiger partial charge on any atom is 0.144 e. The molecule has 0 radical (unpaired) electrons. The zero-order valence-electron chi connectivity index (χ0n) is 12.7. The van der Waals surface area contributed by atoms with Crippen molar-refractivity contribution in [3.05, 3.63) is 35.9 Å². The van der Waals surface area contributed by atoms with Gasteiger partial charge in [-0.05, 0) is 26.1 Å². The molecule has 1 N–H and O–H groups in total. The quantitative estimate of drug-likeness (QED) is 0.700. The molecule has 0 aliphatic carbocycles. The van der Waals surface area contributed by atoms with Crippen molar-refractivity contribution in [2.45, 2.75) is 19.4 Å². The Labute approximate surface area is 122 Å². The molecule has 20 heavy (non-hydrogen) atoms. The van der Waals surface area contributed by atoms with E-state index in [1.54, 1.807) is 0 Å². The van der Waals surface area contributed by atoms with E-state index in [9.17, 15) is 5.26 Å². The highest BCUT2D eigenvalue weighted by Crippen LogP contribution is 2.21. The molecule has 0 saturated carbocycles. The van der Waals surface area contributed by atoms with Crippen molar-refractivity contribution >= 4 is 0 Å². The van der Waals surface area contributed by atoms with Crippen LogP contribution < -0.4 is 5.32 Å². The van der Waals surface area contributed by atoms with E-state index in [-0.39, 0.29) is 0 Å². The number of hydrogen-bond donors (Lipinski definition) is 1. The fraction of sp³-hybridized carbons (Fsp3) is 0.562. The van der Waals surface area contributed by atoms with Gasteiger partial charge in [-0.15, -0.1) is 0 Å². The highest BCUT2D eigenvalue weighted by Gasteiger charge is 2.32. The van der Waals surface area contributed by atoms with Crippen molar-refractivity contribution in [3.63, 3.8) is 0 Å². The summed E-state index contributed by atoms with van der Waals surface area (Å²) in [5.41, 5.74) is 0.323. The first-order valence-corrected chi connectivity index (χ1v) is 7.18. The first-order chi connectivity index (χ1) is 9.72. The first-order valence-electron chi connectivity index (χ1n) is 7.18. The molecule has 0 bridgehead atoms. The lowest BCUT2D eigenvalue weighted by Gasteiger charge is -2.33. The van der Waals surface area contributed by atoms with Gasteiger partial charge in [0.25, 0.3) is 0 Å². The fourth-order valence-electron chi connectivity index (χ4n) is 2.22. The van der Waals surface area contributed by atoms with Gasteiger partial charge in [-0.2, -0.15) is 5.26 Å². The largest absolute Gasteiger partial charge is 0.380 e. The van der Waals surface area contributed by atoms with Crippen molar-refractivity contribution in [2.24, 2.45) is 0 Å². The van der Waals surface area contributed by atoms with Crippen LogP contribution in [-0.2, 0) is 10.3 Å². The highest BCUT2D eigenvalue weighted by molar-refractivity contribution is 5.31. The van der Waals surface area contributed by atoms with Crippen molar-refractivity contribution in [1.82, 2.24) is 10.2 Å². The minimum absolute atomic E-state index is 0.646. The van der Waals surface area contributed by atoms with Gasteiger partial charge in [-0.25, -0.2) is 0 Å². The van der Waals surface area contributed by atoms with E-state index in [2.05, 4.69) is 23.2 Å². The number of hydrogen-bond acceptors (Lipinski definition) is 4. The van der Waals surface area contributed by atoms with Crippen LogP contribution in [0.2, 0.25) is 0 Å². The van der Waals surface area contributed by atoms with Crippen LogP contribution in [-0.4, -0.2) is 44.8 Å². The van der Waals surface area contributed by atoms with Gasteiger partial charge in [0.2, 0.25) is 0 Å². The smallest absolute Gasteiger partial charge is 0.144 e. The van der Waals surface area contributed by atoms with Gasteiger partial charge in [0.1, 0.15) is 5.54 Å². The lowest BCUT2D eigenvalue weighted by molar-refractivity contribution is 0.106. The monoisotopic (exact) mass is 275 g/mol. The molecule has 4 nitrogen and oxygen atoms in total. The van der Waals surface area contributed by atoms with Crippen LogP contribution in [0.3, 0.4) is 0 Å². The third-order valence-corrected chi connectivity index (χ3v) is 3.55. The molecular weight excluding hydrogens is 250 g/mol. The minimum Gasteiger partial charge on any atom is -0.380 e. The fourth-order valence-corrected chi connectivity index (χ4v) is 2.22. The van der Waals surface area contributed by atoms with E-state index in [1.807, 2.05) is 44.3 Å². The Morgan fingerprint density at radius 2 is 2.00 bits per heavy atom. The van der Waals surface area contributed by atoms with Crippen LogP contribution in [0.15, 0.2) is 30.3 Å².